The van der Waals surface area contributed by atoms with Gasteiger partial charge in [-0.3, -0.25) is 0 Å². The van der Waals surface area contributed by atoms with Crippen molar-refractivity contribution in [3.63, 3.8) is 0 Å². The van der Waals surface area contributed by atoms with Gasteiger partial charge in [0.25, 0.3) is 0 Å². The molecule has 0 amide bonds. The summed E-state index contributed by atoms with van der Waals surface area (Å²) in [5, 5.41) is 0. The normalized spacial score (nSPS) is 15.6. The molecule has 0 N–H and O–H groups in total. The van der Waals surface area contributed by atoms with Crippen molar-refractivity contribution in [1.29, 1.82) is 0 Å². The molecule has 0 aromatic carbocycles. The average molecular weight is 500 g/mol. The molecule has 0 saturated heterocycles. The zero-order chi connectivity index (χ0) is 12.9. The van der Waals surface area contributed by atoms with Gasteiger partial charge in [0.1, 0.15) is 0 Å². The molecule has 0 fully saturated rings. The van der Waals surface area contributed by atoms with Crippen molar-refractivity contribution in [1.82, 2.24) is 0 Å². The Labute approximate surface area is 149 Å². The molecule has 6 heteroatoms. The third-order valence-corrected chi connectivity index (χ3v) is 13.4. The molecule has 2 rings (SSSR count). The summed E-state index contributed by atoms with van der Waals surface area (Å²) in [5.41, 5.74) is 0. The van der Waals surface area contributed by atoms with Gasteiger partial charge in [-0.2, -0.15) is 0 Å². The fourth-order valence-corrected chi connectivity index (χ4v) is 7.72. The Morgan fingerprint density at radius 3 is 1.74 bits per heavy atom. The van der Waals surface area contributed by atoms with E-state index < -0.39 is 39.6 Å². The first-order valence-electron chi connectivity index (χ1n) is 5.81. The van der Waals surface area contributed by atoms with Crippen molar-refractivity contribution in [2.75, 3.05) is 0 Å². The number of rotatable bonds is 2. The average Bonchev–Trinajstić information content (AvgIpc) is 2.92. The van der Waals surface area contributed by atoms with Crippen LogP contribution < -0.4 is 24.8 Å². The first-order valence-corrected chi connectivity index (χ1v) is 22.0. The van der Waals surface area contributed by atoms with Crippen molar-refractivity contribution in [2.24, 2.45) is 0 Å². The van der Waals surface area contributed by atoms with Gasteiger partial charge in [0.2, 0.25) is 0 Å². The smallest absolute Gasteiger partial charge is 1.00 e. The number of halogens is 4. The van der Waals surface area contributed by atoms with E-state index in [1.165, 1.54) is 9.70 Å². The minimum atomic E-state index is -2.65. The minimum Gasteiger partial charge on any atom is -1.00 e. The SMILES string of the molecule is [CH3][Zr+2]([CH3])[C]1=CC=CC1.[CH3][Zr]([Cl])([Cl])[C]1=CC=CC1.[Cl-].[Cl-]. The van der Waals surface area contributed by atoms with E-state index in [2.05, 4.69) is 39.6 Å². The van der Waals surface area contributed by atoms with Gasteiger partial charge in [-0.1, -0.05) is 0 Å². The second-order valence-corrected chi connectivity index (χ2v) is 27.1. The zero-order valence-electron chi connectivity index (χ0n) is 11.4. The van der Waals surface area contributed by atoms with Crippen LogP contribution in [0.4, 0.5) is 0 Å². The molecule has 0 bridgehead atoms. The van der Waals surface area contributed by atoms with Crippen LogP contribution in [0.3, 0.4) is 0 Å². The van der Waals surface area contributed by atoms with Gasteiger partial charge in [-0.15, -0.1) is 0 Å². The Bertz CT molecular complexity index is 377. The van der Waals surface area contributed by atoms with Crippen molar-refractivity contribution >= 4 is 17.0 Å². The Kier molecular flexibility index (Phi) is 14.0. The molecule has 0 radical (unpaired) electrons. The summed E-state index contributed by atoms with van der Waals surface area (Å²) in [6, 6.07) is 0. The Hall–Kier alpha value is 1.89. The first-order chi connectivity index (χ1) is 7.91. The van der Waals surface area contributed by atoms with E-state index in [0.29, 0.717) is 0 Å². The Balaban J connectivity index is 0. The van der Waals surface area contributed by atoms with Gasteiger partial charge in [0, 0.05) is 0 Å². The van der Waals surface area contributed by atoms with Crippen molar-refractivity contribution < 1.29 is 64.4 Å². The fourth-order valence-electron chi connectivity index (χ4n) is 1.59. The first kappa shape index (κ1) is 23.2. The topological polar surface area (TPSA) is 0 Å². The number of hydrogen-bond acceptors (Lipinski definition) is 0. The van der Waals surface area contributed by atoms with Crippen LogP contribution in [0.2, 0.25) is 13.9 Å². The summed E-state index contributed by atoms with van der Waals surface area (Å²) in [6.45, 7) is 0. The molecule has 0 unspecified atom stereocenters. The summed E-state index contributed by atoms with van der Waals surface area (Å²) in [5.74, 6) is 0. The van der Waals surface area contributed by atoms with E-state index in [-0.39, 0.29) is 24.8 Å². The molecule has 0 atom stereocenters. The fraction of sp³-hybridized carbons (Fsp3) is 0.385. The third-order valence-electron chi connectivity index (χ3n) is 2.75. The molecular weight excluding hydrogens is 480 g/mol. The largest absolute Gasteiger partial charge is 1.00 e. The predicted molar refractivity (Wildman–Crippen MR) is 73.0 cm³/mol. The standard InChI is InChI=1S/2C5H5.3CH3.4ClH.2Zr/c2*1-2-4-5-3-1;;;;;;;;;/h2*1-3H,4H2;3*1H3;4*1H;;/q;;;;;;;;;2*+2/p-4. The van der Waals surface area contributed by atoms with Crippen LogP contribution in [0, 0.1) is 0 Å². The molecular formula is C13H19Cl4Zr2. The van der Waals surface area contributed by atoms with Crippen LogP contribution in [-0.4, -0.2) is 0 Å². The maximum absolute atomic E-state index is 6.01. The molecule has 0 aliphatic heterocycles. The van der Waals surface area contributed by atoms with E-state index >= 15 is 0 Å². The van der Waals surface area contributed by atoms with E-state index in [1.807, 2.05) is 10.7 Å². The molecule has 0 aromatic heterocycles. The summed E-state index contributed by atoms with van der Waals surface area (Å²) in [6.07, 6.45) is 15.2. The quantitative estimate of drug-likeness (QED) is 0.498. The second-order valence-electron chi connectivity index (χ2n) is 4.54. The van der Waals surface area contributed by atoms with Crippen LogP contribution in [0.25, 0.3) is 0 Å². The van der Waals surface area contributed by atoms with Gasteiger partial charge in [-0.25, -0.2) is 0 Å². The number of allylic oxidation sites excluding steroid dienone is 8. The van der Waals surface area contributed by atoms with Crippen LogP contribution >= 0.6 is 17.0 Å². The molecule has 107 valence electrons. The zero-order valence-corrected chi connectivity index (χ0v) is 19.3. The molecule has 2 aliphatic carbocycles. The van der Waals surface area contributed by atoms with E-state index in [1.54, 1.807) is 3.28 Å². The summed E-state index contributed by atoms with van der Waals surface area (Å²) in [7, 11) is 12.0. The Morgan fingerprint density at radius 2 is 1.53 bits per heavy atom. The van der Waals surface area contributed by atoms with Crippen molar-refractivity contribution in [3.05, 3.63) is 43.0 Å². The molecule has 19 heavy (non-hydrogen) atoms. The second kappa shape index (κ2) is 11.5. The van der Waals surface area contributed by atoms with Crippen molar-refractivity contribution in [3.8, 4) is 0 Å². The minimum absolute atomic E-state index is 0. The van der Waals surface area contributed by atoms with Gasteiger partial charge >= 0.3 is 126 Å². The molecule has 0 nitrogen and oxygen atoms in total. The molecule has 0 spiro atoms. The van der Waals surface area contributed by atoms with Gasteiger partial charge in [0.15, 0.2) is 0 Å². The van der Waals surface area contributed by atoms with Crippen LogP contribution in [-0.2, 0) is 39.6 Å². The molecule has 0 saturated carbocycles. The summed E-state index contributed by atoms with van der Waals surface area (Å²) < 4.78 is 9.90. The van der Waals surface area contributed by atoms with E-state index in [4.69, 9.17) is 17.0 Å². The van der Waals surface area contributed by atoms with E-state index in [9.17, 15) is 0 Å². The van der Waals surface area contributed by atoms with Gasteiger partial charge in [-0.05, 0) is 0 Å². The van der Waals surface area contributed by atoms with Crippen molar-refractivity contribution in [2.45, 2.75) is 26.7 Å². The third kappa shape index (κ3) is 9.49. The Morgan fingerprint density at radius 1 is 1.00 bits per heavy atom. The monoisotopic (exact) mass is 495 g/mol. The van der Waals surface area contributed by atoms with Crippen LogP contribution in [0.5, 0.6) is 0 Å². The van der Waals surface area contributed by atoms with Gasteiger partial charge in [0.05, 0.1) is 0 Å². The molecule has 0 aromatic rings. The maximum atomic E-state index is 6.01. The van der Waals surface area contributed by atoms with Crippen LogP contribution in [0.1, 0.15) is 12.8 Å². The number of hydrogen-bond donors (Lipinski definition) is 0. The summed E-state index contributed by atoms with van der Waals surface area (Å²) in [4.78, 5) is 0. The van der Waals surface area contributed by atoms with E-state index in [0.717, 1.165) is 6.42 Å². The molecule has 0 heterocycles. The maximum Gasteiger partial charge on any atom is -1.00 e. The summed E-state index contributed by atoms with van der Waals surface area (Å²) >= 11 is -3.56. The molecule has 2 aliphatic rings. The predicted octanol–water partition coefficient (Wildman–Crippen LogP) is -0.108. The van der Waals surface area contributed by atoms with Crippen LogP contribution in [0.15, 0.2) is 43.0 Å². The van der Waals surface area contributed by atoms with Gasteiger partial charge < -0.3 is 24.8 Å².